The summed E-state index contributed by atoms with van der Waals surface area (Å²) in [5.74, 6) is 0.838. The topological polar surface area (TPSA) is 43.8 Å². The molecule has 1 unspecified atom stereocenters. The Balaban J connectivity index is 1.83. The van der Waals surface area contributed by atoms with E-state index in [2.05, 4.69) is 4.98 Å². The third kappa shape index (κ3) is 3.40. The quantitative estimate of drug-likeness (QED) is 0.879. The number of hydrogen-bond donors (Lipinski definition) is 1. The Morgan fingerprint density at radius 3 is 2.67 bits per heavy atom. The second kappa shape index (κ2) is 5.78. The van der Waals surface area contributed by atoms with E-state index in [0.29, 0.717) is 0 Å². The fraction of sp³-hybridized carbons (Fsp3) is 0.357. The van der Waals surface area contributed by atoms with Gasteiger partial charge in [-0.2, -0.15) is 0 Å². The largest absolute Gasteiger partial charge is 0.338 e. The van der Waals surface area contributed by atoms with E-state index in [0.717, 1.165) is 30.7 Å². The molecule has 0 fully saturated rings. The van der Waals surface area contributed by atoms with Crippen LogP contribution in [0.5, 0.6) is 0 Å². The minimum absolute atomic E-state index is 0.0761. The molecule has 1 atom stereocenters. The molecule has 0 aliphatic rings. The number of nitrogens with zero attached hydrogens (tertiary/aromatic N) is 2. The van der Waals surface area contributed by atoms with Crippen molar-refractivity contribution >= 4 is 0 Å². The Kier molecular flexibility index (Phi) is 4.10. The van der Waals surface area contributed by atoms with Gasteiger partial charge in [-0.15, -0.1) is 0 Å². The van der Waals surface area contributed by atoms with E-state index in [-0.39, 0.29) is 11.9 Å². The molecule has 3 nitrogen and oxygen atoms in total. The number of aryl methyl sites for hydroxylation is 2. The molecule has 4 heteroatoms. The van der Waals surface area contributed by atoms with Crippen molar-refractivity contribution < 1.29 is 4.39 Å². The number of nitrogens with two attached hydrogens (primary N) is 1. The van der Waals surface area contributed by atoms with E-state index in [4.69, 9.17) is 5.73 Å². The lowest BCUT2D eigenvalue weighted by Crippen LogP contribution is -2.24. The van der Waals surface area contributed by atoms with E-state index < -0.39 is 0 Å². The third-order valence-corrected chi connectivity index (χ3v) is 3.07. The van der Waals surface area contributed by atoms with Crippen LogP contribution in [0.2, 0.25) is 0 Å². The summed E-state index contributed by atoms with van der Waals surface area (Å²) in [6, 6.07) is 6.60. The molecular weight excluding hydrogens is 229 g/mol. The Labute approximate surface area is 106 Å². The average molecular weight is 247 g/mol. The predicted octanol–water partition coefficient (Wildman–Crippen LogP) is 2.06. The van der Waals surface area contributed by atoms with Gasteiger partial charge in [0.2, 0.25) is 0 Å². The summed E-state index contributed by atoms with van der Waals surface area (Å²) >= 11 is 0. The lowest BCUT2D eigenvalue weighted by atomic mass is 10.0. The fourth-order valence-electron chi connectivity index (χ4n) is 1.98. The van der Waals surface area contributed by atoms with Gasteiger partial charge in [-0.05, 0) is 30.5 Å². The fourth-order valence-corrected chi connectivity index (χ4v) is 1.98. The number of halogens is 1. The van der Waals surface area contributed by atoms with Crippen molar-refractivity contribution in [1.29, 1.82) is 0 Å². The summed E-state index contributed by atoms with van der Waals surface area (Å²) in [7, 11) is 1.98. The maximum atomic E-state index is 12.8. The molecule has 0 aliphatic carbocycles. The van der Waals surface area contributed by atoms with Gasteiger partial charge in [-0.25, -0.2) is 9.37 Å². The van der Waals surface area contributed by atoms with Gasteiger partial charge in [0.05, 0.1) is 0 Å². The van der Waals surface area contributed by atoms with Crippen LogP contribution < -0.4 is 5.73 Å². The Hall–Kier alpha value is -1.68. The Morgan fingerprint density at radius 1 is 1.33 bits per heavy atom. The molecule has 2 N–H and O–H groups in total. The van der Waals surface area contributed by atoms with Crippen molar-refractivity contribution in [3.8, 4) is 0 Å². The standard InChI is InChI=1S/C14H18FN3/c1-18-9-8-17-14(18)7-6-13(16)10-11-2-4-12(15)5-3-11/h2-5,8-9,13H,6-7,10,16H2,1H3. The van der Waals surface area contributed by atoms with Crippen LogP contribution in [0.15, 0.2) is 36.7 Å². The van der Waals surface area contributed by atoms with Crippen LogP contribution >= 0.6 is 0 Å². The van der Waals surface area contributed by atoms with Crippen LogP contribution in [0.4, 0.5) is 4.39 Å². The van der Waals surface area contributed by atoms with E-state index >= 15 is 0 Å². The third-order valence-electron chi connectivity index (χ3n) is 3.07. The first-order valence-corrected chi connectivity index (χ1v) is 6.11. The van der Waals surface area contributed by atoms with E-state index in [9.17, 15) is 4.39 Å². The molecule has 0 saturated heterocycles. The van der Waals surface area contributed by atoms with Gasteiger partial charge in [0.25, 0.3) is 0 Å². The van der Waals surface area contributed by atoms with E-state index in [1.54, 1.807) is 18.3 Å². The first kappa shape index (κ1) is 12.8. The molecule has 1 heterocycles. The second-order valence-corrected chi connectivity index (χ2v) is 4.58. The number of imidazole rings is 1. The van der Waals surface area contributed by atoms with Crippen molar-refractivity contribution in [2.75, 3.05) is 0 Å². The van der Waals surface area contributed by atoms with Gasteiger partial charge in [-0.3, -0.25) is 0 Å². The normalized spacial score (nSPS) is 12.6. The highest BCUT2D eigenvalue weighted by Gasteiger charge is 2.07. The van der Waals surface area contributed by atoms with Gasteiger partial charge in [0.15, 0.2) is 0 Å². The van der Waals surface area contributed by atoms with Crippen molar-refractivity contribution in [1.82, 2.24) is 9.55 Å². The van der Waals surface area contributed by atoms with Crippen LogP contribution in [0.1, 0.15) is 17.8 Å². The van der Waals surface area contributed by atoms with E-state index in [1.165, 1.54) is 12.1 Å². The molecule has 0 bridgehead atoms. The minimum atomic E-state index is -0.208. The van der Waals surface area contributed by atoms with Crippen molar-refractivity contribution in [2.45, 2.75) is 25.3 Å². The maximum absolute atomic E-state index is 12.8. The summed E-state index contributed by atoms with van der Waals surface area (Å²) in [5, 5.41) is 0. The molecule has 0 saturated carbocycles. The number of benzene rings is 1. The molecule has 2 rings (SSSR count). The molecule has 0 radical (unpaired) electrons. The van der Waals surface area contributed by atoms with Crippen molar-refractivity contribution in [3.63, 3.8) is 0 Å². The van der Waals surface area contributed by atoms with Crippen LogP contribution in [0.3, 0.4) is 0 Å². The zero-order valence-electron chi connectivity index (χ0n) is 10.5. The highest BCUT2D eigenvalue weighted by molar-refractivity contribution is 5.17. The second-order valence-electron chi connectivity index (χ2n) is 4.58. The van der Waals surface area contributed by atoms with Gasteiger partial charge in [0.1, 0.15) is 11.6 Å². The van der Waals surface area contributed by atoms with Crippen LogP contribution in [0.25, 0.3) is 0 Å². The van der Waals surface area contributed by atoms with Crippen molar-refractivity contribution in [2.24, 2.45) is 12.8 Å². The van der Waals surface area contributed by atoms with Gasteiger partial charge in [0, 0.05) is 31.9 Å². The Bertz CT molecular complexity index is 490. The molecule has 1 aromatic carbocycles. The molecule has 18 heavy (non-hydrogen) atoms. The average Bonchev–Trinajstić information content (AvgIpc) is 2.75. The molecule has 1 aromatic heterocycles. The summed E-state index contributed by atoms with van der Waals surface area (Å²) in [6.45, 7) is 0. The lowest BCUT2D eigenvalue weighted by molar-refractivity contribution is 0.587. The first-order chi connectivity index (χ1) is 8.65. The van der Waals surface area contributed by atoms with Gasteiger partial charge < -0.3 is 10.3 Å². The maximum Gasteiger partial charge on any atom is 0.123 e. The summed E-state index contributed by atoms with van der Waals surface area (Å²) in [6.07, 6.45) is 6.24. The van der Waals surface area contributed by atoms with Crippen molar-refractivity contribution in [3.05, 3.63) is 53.9 Å². The van der Waals surface area contributed by atoms with Crippen LogP contribution in [0, 0.1) is 5.82 Å². The van der Waals surface area contributed by atoms with Crippen LogP contribution in [-0.2, 0) is 19.9 Å². The summed E-state index contributed by atoms with van der Waals surface area (Å²) in [5.41, 5.74) is 7.15. The minimum Gasteiger partial charge on any atom is -0.338 e. The molecular formula is C14H18FN3. The molecule has 2 aromatic rings. The Morgan fingerprint density at radius 2 is 2.06 bits per heavy atom. The zero-order chi connectivity index (χ0) is 13.0. The number of rotatable bonds is 5. The zero-order valence-corrected chi connectivity index (χ0v) is 10.5. The predicted molar refractivity (Wildman–Crippen MR) is 69.6 cm³/mol. The smallest absolute Gasteiger partial charge is 0.123 e. The van der Waals surface area contributed by atoms with E-state index in [1.807, 2.05) is 17.8 Å². The lowest BCUT2D eigenvalue weighted by Gasteiger charge is -2.11. The monoisotopic (exact) mass is 247 g/mol. The molecule has 0 spiro atoms. The summed E-state index contributed by atoms with van der Waals surface area (Å²) < 4.78 is 14.8. The first-order valence-electron chi connectivity index (χ1n) is 6.11. The molecule has 0 amide bonds. The number of aromatic nitrogens is 2. The summed E-state index contributed by atoms with van der Waals surface area (Å²) in [4.78, 5) is 4.26. The molecule has 0 aliphatic heterocycles. The van der Waals surface area contributed by atoms with Crippen LogP contribution in [-0.4, -0.2) is 15.6 Å². The number of hydrogen-bond acceptors (Lipinski definition) is 2. The SMILES string of the molecule is Cn1ccnc1CCC(N)Cc1ccc(F)cc1. The highest BCUT2D eigenvalue weighted by Crippen LogP contribution is 2.08. The highest BCUT2D eigenvalue weighted by atomic mass is 19.1. The molecule has 96 valence electrons. The van der Waals surface area contributed by atoms with Gasteiger partial charge >= 0.3 is 0 Å². The van der Waals surface area contributed by atoms with Gasteiger partial charge in [-0.1, -0.05) is 12.1 Å².